The molecule has 106 valence electrons. The van der Waals surface area contributed by atoms with Crippen LogP contribution in [0.25, 0.3) is 10.9 Å². The second-order valence-electron chi connectivity index (χ2n) is 4.91. The lowest BCUT2D eigenvalue weighted by molar-refractivity contribution is -0.663. The third-order valence-electron chi connectivity index (χ3n) is 3.55. The third-order valence-corrected chi connectivity index (χ3v) is 3.55. The van der Waals surface area contributed by atoms with Gasteiger partial charge in [0.2, 0.25) is 17.8 Å². The van der Waals surface area contributed by atoms with E-state index in [0.29, 0.717) is 6.54 Å². The summed E-state index contributed by atoms with van der Waals surface area (Å²) in [6, 6.07) is 21.7. The van der Waals surface area contributed by atoms with Crippen LogP contribution in [0, 0.1) is 6.92 Å². The highest BCUT2D eigenvalue weighted by atomic mass is 79.9. The van der Waals surface area contributed by atoms with Gasteiger partial charge in [0, 0.05) is 30.0 Å². The summed E-state index contributed by atoms with van der Waals surface area (Å²) in [5.74, 6) is 0.134. The second kappa shape index (κ2) is 6.64. The van der Waals surface area contributed by atoms with Crippen molar-refractivity contribution in [2.75, 3.05) is 0 Å². The predicted molar refractivity (Wildman–Crippen MR) is 79.7 cm³/mol. The van der Waals surface area contributed by atoms with Crippen LogP contribution < -0.4 is 21.5 Å². The molecule has 0 amide bonds. The number of hydrogen-bond donors (Lipinski definition) is 0. The van der Waals surface area contributed by atoms with Gasteiger partial charge in [0.15, 0.2) is 5.69 Å². The van der Waals surface area contributed by atoms with Crippen molar-refractivity contribution in [3.8, 4) is 0 Å². The fourth-order valence-electron chi connectivity index (χ4n) is 2.43. The largest absolute Gasteiger partial charge is 1.00 e. The number of para-hydroxylation sites is 1. The number of aryl methyl sites for hydroxylation is 1. The quantitative estimate of drug-likeness (QED) is 0.496. The highest BCUT2D eigenvalue weighted by molar-refractivity contribution is 5.95. The number of pyridine rings is 1. The molecule has 0 saturated carbocycles. The lowest BCUT2D eigenvalue weighted by Gasteiger charge is -2.04. The Morgan fingerprint density at radius 1 is 0.905 bits per heavy atom. The second-order valence-corrected chi connectivity index (χ2v) is 4.91. The van der Waals surface area contributed by atoms with E-state index in [1.165, 1.54) is 0 Å². The van der Waals surface area contributed by atoms with E-state index in [1.807, 2.05) is 49.4 Å². The SMILES string of the molecule is Cc1ccc2ccccc2[n+]1CC(=O)c1ccccc1.[Br-]. The molecule has 0 spiro atoms. The molecule has 2 aromatic carbocycles. The van der Waals surface area contributed by atoms with Crippen LogP contribution in [0.2, 0.25) is 0 Å². The van der Waals surface area contributed by atoms with Crippen molar-refractivity contribution >= 4 is 16.7 Å². The Balaban J connectivity index is 0.00000161. The molecule has 1 aromatic heterocycles. The van der Waals surface area contributed by atoms with Crippen LogP contribution in [0.3, 0.4) is 0 Å². The van der Waals surface area contributed by atoms with Crippen molar-refractivity contribution in [2.45, 2.75) is 13.5 Å². The first-order valence-electron chi connectivity index (χ1n) is 6.72. The van der Waals surface area contributed by atoms with E-state index < -0.39 is 0 Å². The summed E-state index contributed by atoms with van der Waals surface area (Å²) in [6.07, 6.45) is 0. The first-order valence-corrected chi connectivity index (χ1v) is 6.72. The normalized spacial score (nSPS) is 10.1. The third kappa shape index (κ3) is 3.19. The minimum Gasteiger partial charge on any atom is -1.00 e. The van der Waals surface area contributed by atoms with Gasteiger partial charge in [-0.1, -0.05) is 42.5 Å². The molecule has 0 aliphatic carbocycles. The number of halogens is 1. The van der Waals surface area contributed by atoms with Gasteiger partial charge in [0.05, 0.1) is 0 Å². The molecular weight excluding hydrogens is 326 g/mol. The minimum absolute atomic E-state index is 0. The summed E-state index contributed by atoms with van der Waals surface area (Å²) < 4.78 is 2.07. The van der Waals surface area contributed by atoms with Crippen LogP contribution >= 0.6 is 0 Å². The lowest BCUT2D eigenvalue weighted by atomic mass is 10.1. The highest BCUT2D eigenvalue weighted by Gasteiger charge is 2.17. The van der Waals surface area contributed by atoms with Crippen molar-refractivity contribution in [3.05, 3.63) is 78.0 Å². The molecule has 0 unspecified atom stereocenters. The number of aromatic nitrogens is 1. The molecule has 0 saturated heterocycles. The van der Waals surface area contributed by atoms with E-state index >= 15 is 0 Å². The fourth-order valence-corrected chi connectivity index (χ4v) is 2.43. The Hall–Kier alpha value is -2.00. The Morgan fingerprint density at radius 2 is 1.57 bits per heavy atom. The first kappa shape index (κ1) is 15.4. The van der Waals surface area contributed by atoms with Crippen LogP contribution in [0.1, 0.15) is 16.1 Å². The van der Waals surface area contributed by atoms with Gasteiger partial charge in [-0.05, 0) is 12.1 Å². The van der Waals surface area contributed by atoms with Crippen LogP contribution in [0.5, 0.6) is 0 Å². The average Bonchev–Trinajstić information content (AvgIpc) is 2.51. The molecule has 3 heteroatoms. The van der Waals surface area contributed by atoms with Gasteiger partial charge in [-0.3, -0.25) is 4.79 Å². The Kier molecular flexibility index (Phi) is 4.86. The van der Waals surface area contributed by atoms with Crippen LogP contribution in [0.4, 0.5) is 0 Å². The zero-order chi connectivity index (χ0) is 13.9. The van der Waals surface area contributed by atoms with Gasteiger partial charge in [0.25, 0.3) is 0 Å². The van der Waals surface area contributed by atoms with Crippen molar-refractivity contribution in [1.82, 2.24) is 0 Å². The number of benzene rings is 2. The van der Waals surface area contributed by atoms with Gasteiger partial charge in [0.1, 0.15) is 0 Å². The zero-order valence-corrected chi connectivity index (χ0v) is 13.4. The van der Waals surface area contributed by atoms with E-state index in [0.717, 1.165) is 22.2 Å². The maximum absolute atomic E-state index is 12.4. The molecule has 1 heterocycles. The monoisotopic (exact) mass is 341 g/mol. The van der Waals surface area contributed by atoms with Crippen molar-refractivity contribution < 1.29 is 26.3 Å². The van der Waals surface area contributed by atoms with E-state index in [2.05, 4.69) is 28.8 Å². The number of ketones is 1. The first-order chi connectivity index (χ1) is 9.75. The van der Waals surface area contributed by atoms with Crippen LogP contribution in [0.15, 0.2) is 66.7 Å². The van der Waals surface area contributed by atoms with E-state index in [4.69, 9.17) is 0 Å². The minimum atomic E-state index is 0. The number of nitrogens with zero attached hydrogens (tertiary/aromatic N) is 1. The van der Waals surface area contributed by atoms with E-state index in [1.54, 1.807) is 0 Å². The summed E-state index contributed by atoms with van der Waals surface area (Å²) >= 11 is 0. The zero-order valence-electron chi connectivity index (χ0n) is 11.8. The standard InChI is InChI=1S/C18H16NO.BrH/c1-14-11-12-15-7-5-6-10-17(15)19(14)13-18(20)16-8-3-2-4-9-16;/h2-12H,13H2,1H3;1H/q+1;/p-1. The molecule has 0 bridgehead atoms. The number of carbonyl (C=O) groups is 1. The number of carbonyl (C=O) groups excluding carboxylic acids is 1. The molecule has 0 N–H and O–H groups in total. The smallest absolute Gasteiger partial charge is 0.227 e. The van der Waals surface area contributed by atoms with Crippen molar-refractivity contribution in [2.24, 2.45) is 0 Å². The average molecular weight is 342 g/mol. The highest BCUT2D eigenvalue weighted by Crippen LogP contribution is 2.11. The molecule has 0 aliphatic rings. The molecule has 2 nitrogen and oxygen atoms in total. The maximum atomic E-state index is 12.4. The molecule has 21 heavy (non-hydrogen) atoms. The van der Waals surface area contributed by atoms with E-state index in [9.17, 15) is 4.79 Å². The topological polar surface area (TPSA) is 20.9 Å². The van der Waals surface area contributed by atoms with Gasteiger partial charge in [-0.2, -0.15) is 4.57 Å². The van der Waals surface area contributed by atoms with Gasteiger partial charge < -0.3 is 17.0 Å². The van der Waals surface area contributed by atoms with Crippen LogP contribution in [-0.2, 0) is 6.54 Å². The summed E-state index contributed by atoms with van der Waals surface area (Å²) in [5, 5.41) is 1.15. The summed E-state index contributed by atoms with van der Waals surface area (Å²) in [4.78, 5) is 12.4. The Bertz CT molecular complexity index is 769. The molecule has 0 aliphatic heterocycles. The van der Waals surface area contributed by atoms with Gasteiger partial charge in [-0.25, -0.2) is 0 Å². The fraction of sp³-hybridized carbons (Fsp3) is 0.111. The number of fused-ring (bicyclic) bond motifs is 1. The maximum Gasteiger partial charge on any atom is 0.227 e. The lowest BCUT2D eigenvalue weighted by Crippen LogP contribution is -3.00. The number of rotatable bonds is 3. The van der Waals surface area contributed by atoms with Crippen molar-refractivity contribution in [3.63, 3.8) is 0 Å². The molecular formula is C18H16BrNO. The summed E-state index contributed by atoms with van der Waals surface area (Å²) in [7, 11) is 0. The van der Waals surface area contributed by atoms with Gasteiger partial charge >= 0.3 is 0 Å². The summed E-state index contributed by atoms with van der Waals surface area (Å²) in [5.41, 5.74) is 2.94. The summed E-state index contributed by atoms with van der Waals surface area (Å²) in [6.45, 7) is 2.40. The molecule has 0 radical (unpaired) electrons. The Morgan fingerprint density at radius 3 is 2.33 bits per heavy atom. The predicted octanol–water partition coefficient (Wildman–Crippen LogP) is 0.323. The van der Waals surface area contributed by atoms with E-state index in [-0.39, 0.29) is 22.8 Å². The molecule has 3 rings (SSSR count). The number of hydrogen-bond acceptors (Lipinski definition) is 1. The number of Topliss-reactive ketones (excluding diaryl/α,β-unsaturated/α-hetero) is 1. The Labute approximate surface area is 134 Å². The molecule has 0 fully saturated rings. The van der Waals surface area contributed by atoms with Gasteiger partial charge in [-0.15, -0.1) is 0 Å². The molecule has 3 aromatic rings. The van der Waals surface area contributed by atoms with Crippen LogP contribution in [-0.4, -0.2) is 5.78 Å². The molecule has 0 atom stereocenters. The van der Waals surface area contributed by atoms with Crippen molar-refractivity contribution in [1.29, 1.82) is 0 Å².